The van der Waals surface area contributed by atoms with Crippen molar-refractivity contribution in [2.45, 2.75) is 18.9 Å². The number of nitrogens with two attached hydrogens (primary N) is 1. The molecule has 3 N–H and O–H groups in total. The van der Waals surface area contributed by atoms with E-state index in [0.29, 0.717) is 12.0 Å². The highest BCUT2D eigenvalue weighted by molar-refractivity contribution is 5.87. The first kappa shape index (κ1) is 17.4. The zero-order chi connectivity index (χ0) is 18.4. The lowest BCUT2D eigenvalue weighted by molar-refractivity contribution is -0.127. The molecule has 6 heteroatoms. The Morgan fingerprint density at radius 3 is 2.35 bits per heavy atom. The molecule has 0 radical (unpaired) electrons. The normalized spacial score (nSPS) is 11.7. The van der Waals surface area contributed by atoms with Crippen molar-refractivity contribution < 1.29 is 9.59 Å². The molecule has 26 heavy (non-hydrogen) atoms. The third-order valence-corrected chi connectivity index (χ3v) is 4.02. The maximum Gasteiger partial charge on any atom is 0.244 e. The second-order valence-electron chi connectivity index (χ2n) is 5.94. The Kier molecular flexibility index (Phi) is 5.43. The lowest BCUT2D eigenvalue weighted by Crippen LogP contribution is -2.37. The number of rotatable bonds is 7. The van der Waals surface area contributed by atoms with Gasteiger partial charge in [0.25, 0.3) is 0 Å². The molecule has 2 amide bonds. The average Bonchev–Trinajstić information content (AvgIpc) is 3.15. The molecule has 0 fully saturated rings. The summed E-state index contributed by atoms with van der Waals surface area (Å²) in [7, 11) is 0. The first-order chi connectivity index (χ1) is 12.6. The minimum absolute atomic E-state index is 0.231. The zero-order valence-electron chi connectivity index (χ0n) is 14.2. The topological polar surface area (TPSA) is 90.0 Å². The molecule has 0 saturated carbocycles. The lowest BCUT2D eigenvalue weighted by Gasteiger charge is -2.15. The standard InChI is InChI=1S/C20H20N4O2/c21-20(26)19(16-7-3-1-4-8-16)23-18(25)12-11-15-13-22-24(14-15)17-9-5-2-6-10-17/h1-10,13-14,19H,11-12H2,(H2,21,26)(H,23,25)/t19-/m1/s1. The second-order valence-corrected chi connectivity index (χ2v) is 5.94. The van der Waals surface area contributed by atoms with E-state index in [4.69, 9.17) is 5.73 Å². The Morgan fingerprint density at radius 2 is 1.69 bits per heavy atom. The third-order valence-electron chi connectivity index (χ3n) is 4.02. The maximum atomic E-state index is 12.2. The van der Waals surface area contributed by atoms with E-state index in [0.717, 1.165) is 11.3 Å². The van der Waals surface area contributed by atoms with E-state index >= 15 is 0 Å². The van der Waals surface area contributed by atoms with E-state index in [1.165, 1.54) is 0 Å². The molecule has 0 aliphatic heterocycles. The minimum atomic E-state index is -0.823. The number of hydrogen-bond donors (Lipinski definition) is 2. The van der Waals surface area contributed by atoms with Gasteiger partial charge in [-0.05, 0) is 29.7 Å². The van der Waals surface area contributed by atoms with Crippen LogP contribution in [0.4, 0.5) is 0 Å². The minimum Gasteiger partial charge on any atom is -0.368 e. The highest BCUT2D eigenvalue weighted by Crippen LogP contribution is 2.13. The van der Waals surface area contributed by atoms with E-state index in [1.54, 1.807) is 35.1 Å². The second kappa shape index (κ2) is 8.11. The summed E-state index contributed by atoms with van der Waals surface area (Å²) in [5.41, 5.74) is 8.00. The molecular weight excluding hydrogens is 328 g/mol. The molecule has 0 bridgehead atoms. The van der Waals surface area contributed by atoms with E-state index in [-0.39, 0.29) is 12.3 Å². The number of nitrogens with zero attached hydrogens (tertiary/aromatic N) is 2. The number of nitrogens with one attached hydrogen (secondary N) is 1. The molecular formula is C20H20N4O2. The van der Waals surface area contributed by atoms with Gasteiger partial charge in [-0.15, -0.1) is 0 Å². The van der Waals surface area contributed by atoms with Crippen molar-refractivity contribution >= 4 is 11.8 Å². The summed E-state index contributed by atoms with van der Waals surface area (Å²) in [4.78, 5) is 23.9. The number of carbonyl (C=O) groups is 2. The molecule has 132 valence electrons. The number of hydrogen-bond acceptors (Lipinski definition) is 3. The number of primary amides is 1. The van der Waals surface area contributed by atoms with E-state index in [2.05, 4.69) is 10.4 Å². The Labute approximate surface area is 151 Å². The van der Waals surface area contributed by atoms with Crippen molar-refractivity contribution in [1.29, 1.82) is 0 Å². The fraction of sp³-hybridized carbons (Fsp3) is 0.150. The van der Waals surface area contributed by atoms with Crippen molar-refractivity contribution in [1.82, 2.24) is 15.1 Å². The van der Waals surface area contributed by atoms with Crippen LogP contribution >= 0.6 is 0 Å². The van der Waals surface area contributed by atoms with E-state index in [9.17, 15) is 9.59 Å². The maximum absolute atomic E-state index is 12.2. The molecule has 1 atom stereocenters. The van der Waals surface area contributed by atoms with Gasteiger partial charge in [-0.3, -0.25) is 9.59 Å². The van der Waals surface area contributed by atoms with Gasteiger partial charge in [0.1, 0.15) is 6.04 Å². The molecule has 3 rings (SSSR count). The number of aromatic nitrogens is 2. The predicted molar refractivity (Wildman–Crippen MR) is 98.4 cm³/mol. The van der Waals surface area contributed by atoms with Gasteiger partial charge in [-0.25, -0.2) is 4.68 Å². The molecule has 1 heterocycles. The van der Waals surface area contributed by atoms with Crippen LogP contribution in [0.5, 0.6) is 0 Å². The van der Waals surface area contributed by atoms with E-state index in [1.807, 2.05) is 42.6 Å². The number of amides is 2. The van der Waals surface area contributed by atoms with Crippen molar-refractivity contribution in [3.05, 3.63) is 84.2 Å². The fourth-order valence-electron chi connectivity index (χ4n) is 2.67. The van der Waals surface area contributed by atoms with Crippen LogP contribution in [-0.4, -0.2) is 21.6 Å². The Balaban J connectivity index is 1.59. The molecule has 0 aliphatic carbocycles. The van der Waals surface area contributed by atoms with Crippen LogP contribution in [0.3, 0.4) is 0 Å². The quantitative estimate of drug-likeness (QED) is 0.685. The summed E-state index contributed by atoms with van der Waals surface area (Å²) in [6.45, 7) is 0. The summed E-state index contributed by atoms with van der Waals surface area (Å²) in [6, 6.07) is 17.9. The summed E-state index contributed by atoms with van der Waals surface area (Å²) in [6.07, 6.45) is 4.41. The Morgan fingerprint density at radius 1 is 1.04 bits per heavy atom. The summed E-state index contributed by atoms with van der Waals surface area (Å²) in [5, 5.41) is 7.01. The Hall–Kier alpha value is -3.41. The number of benzene rings is 2. The Bertz CT molecular complexity index is 875. The van der Waals surface area contributed by atoms with Crippen molar-refractivity contribution in [2.75, 3.05) is 0 Å². The van der Waals surface area contributed by atoms with Gasteiger partial charge in [-0.2, -0.15) is 5.10 Å². The number of para-hydroxylation sites is 1. The van der Waals surface area contributed by atoms with Crippen molar-refractivity contribution in [2.24, 2.45) is 5.73 Å². The van der Waals surface area contributed by atoms with Crippen LogP contribution in [-0.2, 0) is 16.0 Å². The van der Waals surface area contributed by atoms with Gasteiger partial charge in [0.05, 0.1) is 11.9 Å². The SMILES string of the molecule is NC(=O)[C@H](NC(=O)CCc1cnn(-c2ccccc2)c1)c1ccccc1. The van der Waals surface area contributed by atoms with Gasteiger partial charge in [0.2, 0.25) is 11.8 Å². The number of aryl methyl sites for hydroxylation is 1. The lowest BCUT2D eigenvalue weighted by atomic mass is 10.1. The third kappa shape index (κ3) is 4.36. The first-order valence-electron chi connectivity index (χ1n) is 8.36. The molecule has 0 spiro atoms. The highest BCUT2D eigenvalue weighted by atomic mass is 16.2. The average molecular weight is 348 g/mol. The molecule has 6 nitrogen and oxygen atoms in total. The van der Waals surface area contributed by atoms with Crippen LogP contribution in [0, 0.1) is 0 Å². The van der Waals surface area contributed by atoms with Gasteiger partial charge >= 0.3 is 0 Å². The zero-order valence-corrected chi connectivity index (χ0v) is 14.2. The summed E-state index contributed by atoms with van der Waals surface area (Å²) < 4.78 is 1.77. The highest BCUT2D eigenvalue weighted by Gasteiger charge is 2.19. The van der Waals surface area contributed by atoms with Crippen LogP contribution in [0.15, 0.2) is 73.1 Å². The molecule has 0 aliphatic rings. The smallest absolute Gasteiger partial charge is 0.244 e. The fourth-order valence-corrected chi connectivity index (χ4v) is 2.67. The van der Waals surface area contributed by atoms with Crippen molar-refractivity contribution in [3.8, 4) is 5.69 Å². The summed E-state index contributed by atoms with van der Waals surface area (Å²) >= 11 is 0. The molecule has 1 aromatic heterocycles. The van der Waals surface area contributed by atoms with Crippen LogP contribution in [0.2, 0.25) is 0 Å². The van der Waals surface area contributed by atoms with Gasteiger partial charge in [0, 0.05) is 12.6 Å². The van der Waals surface area contributed by atoms with Crippen LogP contribution < -0.4 is 11.1 Å². The van der Waals surface area contributed by atoms with Gasteiger partial charge in [0.15, 0.2) is 0 Å². The van der Waals surface area contributed by atoms with Crippen molar-refractivity contribution in [3.63, 3.8) is 0 Å². The molecule has 0 unspecified atom stereocenters. The van der Waals surface area contributed by atoms with Crippen LogP contribution in [0.25, 0.3) is 5.69 Å². The first-order valence-corrected chi connectivity index (χ1v) is 8.36. The van der Waals surface area contributed by atoms with Crippen LogP contribution in [0.1, 0.15) is 23.6 Å². The molecule has 0 saturated heterocycles. The summed E-state index contributed by atoms with van der Waals surface area (Å²) in [5.74, 6) is -0.813. The largest absolute Gasteiger partial charge is 0.368 e. The molecule has 3 aromatic rings. The van der Waals surface area contributed by atoms with E-state index < -0.39 is 11.9 Å². The monoisotopic (exact) mass is 348 g/mol. The number of carbonyl (C=O) groups excluding carboxylic acids is 2. The van der Waals surface area contributed by atoms with Gasteiger partial charge < -0.3 is 11.1 Å². The van der Waals surface area contributed by atoms with Gasteiger partial charge in [-0.1, -0.05) is 48.5 Å². The molecule has 2 aromatic carbocycles. The predicted octanol–water partition coefficient (Wildman–Crippen LogP) is 2.15.